The molecular formula is C22H21N3O2S. The van der Waals surface area contributed by atoms with Gasteiger partial charge in [-0.05, 0) is 42.3 Å². The lowest BCUT2D eigenvalue weighted by Gasteiger charge is -2.04. The molecule has 2 heterocycles. The van der Waals surface area contributed by atoms with Gasteiger partial charge in [0.15, 0.2) is 4.80 Å². The van der Waals surface area contributed by atoms with Crippen LogP contribution in [0.15, 0.2) is 52.4 Å². The standard InChI is InChI=1S/C22H21N3O2S/c1-4-14-6-5-7-18-15(13-23-20(14)18)12-19-21(26)25(2)22(28-19)24-16-8-10-17(27-3)11-9-16/h5-13,26H,4H2,1-3H3/b15-12+,24-22?. The van der Waals surface area contributed by atoms with Gasteiger partial charge in [-0.2, -0.15) is 0 Å². The van der Waals surface area contributed by atoms with Crippen LogP contribution in [0.3, 0.4) is 0 Å². The maximum Gasteiger partial charge on any atom is 0.210 e. The van der Waals surface area contributed by atoms with Gasteiger partial charge in [0.1, 0.15) is 5.75 Å². The average molecular weight is 391 g/mol. The summed E-state index contributed by atoms with van der Waals surface area (Å²) < 4.78 is 6.87. The van der Waals surface area contributed by atoms with Crippen LogP contribution >= 0.6 is 11.3 Å². The molecule has 1 aliphatic heterocycles. The van der Waals surface area contributed by atoms with Gasteiger partial charge in [-0.3, -0.25) is 9.56 Å². The van der Waals surface area contributed by atoms with E-state index in [0.29, 0.717) is 4.80 Å². The van der Waals surface area contributed by atoms with Gasteiger partial charge in [0, 0.05) is 24.4 Å². The molecule has 28 heavy (non-hydrogen) atoms. The molecule has 0 unspecified atom stereocenters. The Morgan fingerprint density at radius 1 is 1.21 bits per heavy atom. The maximum absolute atomic E-state index is 10.6. The third-order valence-electron chi connectivity index (χ3n) is 4.75. The van der Waals surface area contributed by atoms with Crippen LogP contribution in [0.4, 0.5) is 11.4 Å². The summed E-state index contributed by atoms with van der Waals surface area (Å²) in [5, 5.41) is 10.6. The Balaban J connectivity index is 1.74. The number of para-hydroxylation sites is 1. The van der Waals surface area contributed by atoms with Crippen molar-refractivity contribution < 1.29 is 9.84 Å². The summed E-state index contributed by atoms with van der Waals surface area (Å²) in [5.74, 6) is 0.978. The van der Waals surface area contributed by atoms with Gasteiger partial charge in [0.2, 0.25) is 5.88 Å². The normalized spacial score (nSPS) is 14.7. The average Bonchev–Trinajstić information content (AvgIpc) is 3.25. The Morgan fingerprint density at radius 2 is 2.00 bits per heavy atom. The zero-order valence-electron chi connectivity index (χ0n) is 16.0. The van der Waals surface area contributed by atoms with Crippen molar-refractivity contribution in [2.24, 2.45) is 17.0 Å². The highest BCUT2D eigenvalue weighted by atomic mass is 32.1. The zero-order valence-corrected chi connectivity index (χ0v) is 16.8. The monoisotopic (exact) mass is 391 g/mol. The molecule has 0 amide bonds. The molecule has 0 radical (unpaired) electrons. The van der Waals surface area contributed by atoms with Crippen molar-refractivity contribution in [3.63, 3.8) is 0 Å². The number of allylic oxidation sites excluding steroid dienone is 1. The number of hydrogen-bond donors (Lipinski definition) is 1. The van der Waals surface area contributed by atoms with Crippen molar-refractivity contribution >= 4 is 40.6 Å². The van der Waals surface area contributed by atoms with E-state index in [-0.39, 0.29) is 5.88 Å². The number of thiazole rings is 1. The first kappa shape index (κ1) is 18.3. The van der Waals surface area contributed by atoms with Crippen molar-refractivity contribution in [2.45, 2.75) is 13.3 Å². The second kappa shape index (κ2) is 7.48. The van der Waals surface area contributed by atoms with Crippen molar-refractivity contribution in [3.05, 3.63) is 63.3 Å². The van der Waals surface area contributed by atoms with Gasteiger partial charge in [0.05, 0.1) is 23.4 Å². The molecule has 5 nitrogen and oxygen atoms in total. The highest BCUT2D eigenvalue weighted by molar-refractivity contribution is 7.10. The van der Waals surface area contributed by atoms with Crippen LogP contribution in [0.25, 0.3) is 11.6 Å². The third kappa shape index (κ3) is 3.27. The molecule has 1 aliphatic rings. The first-order chi connectivity index (χ1) is 13.6. The van der Waals surface area contributed by atoms with Gasteiger partial charge < -0.3 is 9.84 Å². The van der Waals surface area contributed by atoms with Crippen LogP contribution in [0.5, 0.6) is 11.6 Å². The topological polar surface area (TPSA) is 59.1 Å². The number of aliphatic imine (C=N–C) groups is 1. The Kier molecular flexibility index (Phi) is 4.88. The van der Waals surface area contributed by atoms with Crippen LogP contribution in [-0.2, 0) is 13.5 Å². The Hall–Kier alpha value is -3.12. The van der Waals surface area contributed by atoms with Gasteiger partial charge in [0.25, 0.3) is 0 Å². The number of benzene rings is 2. The minimum Gasteiger partial charge on any atom is -0.497 e. The number of aromatic hydroxyl groups is 1. The van der Waals surface area contributed by atoms with Gasteiger partial charge in [-0.1, -0.05) is 36.5 Å². The molecule has 0 bridgehead atoms. The van der Waals surface area contributed by atoms with Crippen LogP contribution < -0.4 is 9.54 Å². The van der Waals surface area contributed by atoms with E-state index in [0.717, 1.165) is 39.6 Å². The van der Waals surface area contributed by atoms with Crippen LogP contribution in [-0.4, -0.2) is 23.0 Å². The molecule has 1 aromatic heterocycles. The molecule has 0 fully saturated rings. The predicted octanol–water partition coefficient (Wildman–Crippen LogP) is 4.85. The van der Waals surface area contributed by atoms with Gasteiger partial charge in [-0.15, -0.1) is 0 Å². The fraction of sp³-hybridized carbons (Fsp3) is 0.182. The van der Waals surface area contributed by atoms with Crippen molar-refractivity contribution in [1.29, 1.82) is 0 Å². The lowest BCUT2D eigenvalue weighted by Crippen LogP contribution is -2.08. The molecule has 142 valence electrons. The summed E-state index contributed by atoms with van der Waals surface area (Å²) in [4.78, 5) is 10.7. The predicted molar refractivity (Wildman–Crippen MR) is 115 cm³/mol. The van der Waals surface area contributed by atoms with Gasteiger partial charge in [-0.25, -0.2) is 4.99 Å². The summed E-state index contributed by atoms with van der Waals surface area (Å²) in [7, 11) is 3.44. The summed E-state index contributed by atoms with van der Waals surface area (Å²) >= 11 is 1.44. The van der Waals surface area contributed by atoms with Gasteiger partial charge >= 0.3 is 0 Å². The largest absolute Gasteiger partial charge is 0.497 e. The lowest BCUT2D eigenvalue weighted by molar-refractivity contribution is 0.415. The van der Waals surface area contributed by atoms with Crippen molar-refractivity contribution in [2.75, 3.05) is 7.11 Å². The quantitative estimate of drug-likeness (QED) is 0.691. The van der Waals surface area contributed by atoms with E-state index in [2.05, 4.69) is 35.1 Å². The molecule has 6 heteroatoms. The maximum atomic E-state index is 10.6. The second-order valence-electron chi connectivity index (χ2n) is 6.47. The van der Waals surface area contributed by atoms with E-state index in [1.807, 2.05) is 43.6 Å². The Bertz CT molecular complexity index is 1150. The van der Waals surface area contributed by atoms with Crippen LogP contribution in [0.2, 0.25) is 0 Å². The van der Waals surface area contributed by atoms with Crippen LogP contribution in [0, 0.1) is 0 Å². The van der Waals surface area contributed by atoms with E-state index in [4.69, 9.17) is 4.74 Å². The number of rotatable bonds is 4. The summed E-state index contributed by atoms with van der Waals surface area (Å²) in [6.45, 7) is 2.13. The smallest absolute Gasteiger partial charge is 0.210 e. The number of fused-ring (bicyclic) bond motifs is 1. The second-order valence-corrected chi connectivity index (χ2v) is 7.48. The highest BCUT2D eigenvalue weighted by Gasteiger charge is 2.17. The van der Waals surface area contributed by atoms with E-state index >= 15 is 0 Å². The van der Waals surface area contributed by atoms with E-state index < -0.39 is 0 Å². The minimum absolute atomic E-state index is 0.193. The molecule has 0 aliphatic carbocycles. The van der Waals surface area contributed by atoms with Crippen molar-refractivity contribution in [1.82, 2.24) is 4.57 Å². The molecule has 0 atom stereocenters. The first-order valence-corrected chi connectivity index (χ1v) is 9.88. The molecule has 2 aromatic carbocycles. The fourth-order valence-corrected chi connectivity index (χ4v) is 4.13. The van der Waals surface area contributed by atoms with Crippen molar-refractivity contribution in [3.8, 4) is 11.6 Å². The first-order valence-electron chi connectivity index (χ1n) is 9.06. The molecule has 1 N–H and O–H groups in total. The summed E-state index contributed by atoms with van der Waals surface area (Å²) in [6, 6.07) is 13.7. The number of hydrogen-bond acceptors (Lipinski definition) is 5. The van der Waals surface area contributed by atoms with Crippen LogP contribution in [0.1, 0.15) is 22.9 Å². The Morgan fingerprint density at radius 3 is 2.71 bits per heavy atom. The highest BCUT2D eigenvalue weighted by Crippen LogP contribution is 2.37. The summed E-state index contributed by atoms with van der Waals surface area (Å²) in [5.41, 5.74) is 5.16. The third-order valence-corrected chi connectivity index (χ3v) is 5.82. The number of ether oxygens (including phenoxy) is 1. The van der Waals surface area contributed by atoms with E-state index in [1.54, 1.807) is 11.7 Å². The number of nitrogens with zero attached hydrogens (tertiary/aromatic N) is 3. The number of aryl methyl sites for hydroxylation is 1. The number of methoxy groups -OCH3 is 1. The van der Waals surface area contributed by atoms with E-state index in [1.165, 1.54) is 16.9 Å². The fourth-order valence-electron chi connectivity index (χ4n) is 3.15. The molecule has 4 rings (SSSR count). The SMILES string of the molecule is CCc1cccc2c1N=C/C2=C\c1sc(=Nc2ccc(OC)cc2)n(C)c1O. The molecule has 0 saturated carbocycles. The zero-order chi connectivity index (χ0) is 19.7. The molecule has 3 aromatic rings. The Labute approximate surface area is 167 Å². The minimum atomic E-state index is 0.193. The molecular weight excluding hydrogens is 370 g/mol. The molecule has 0 saturated heterocycles. The van der Waals surface area contributed by atoms with E-state index in [9.17, 15) is 5.11 Å². The lowest BCUT2D eigenvalue weighted by atomic mass is 10.0. The number of aromatic nitrogens is 1. The molecule has 0 spiro atoms. The summed E-state index contributed by atoms with van der Waals surface area (Å²) in [6.07, 6.45) is 4.78.